The highest BCUT2D eigenvalue weighted by Gasteiger charge is 2.39. The molecule has 3 rings (SSSR count). The van der Waals surface area contributed by atoms with Crippen LogP contribution in [0.15, 0.2) is 53.1 Å². The van der Waals surface area contributed by atoms with E-state index in [2.05, 4.69) is 14.7 Å². The van der Waals surface area contributed by atoms with E-state index < -0.39 is 35.4 Å². The molecule has 0 fully saturated rings. The van der Waals surface area contributed by atoms with Crippen molar-refractivity contribution in [3.63, 3.8) is 0 Å². The molecular formula is C23H21F6N3O4. The zero-order valence-corrected chi connectivity index (χ0v) is 19.0. The van der Waals surface area contributed by atoms with Gasteiger partial charge in [-0.3, -0.25) is 0 Å². The van der Waals surface area contributed by atoms with Gasteiger partial charge in [-0.1, -0.05) is 24.3 Å². The monoisotopic (exact) mass is 517 g/mol. The number of ether oxygens (including phenoxy) is 1. The Bertz CT molecular complexity index is 1170. The maximum atomic E-state index is 12.9. The Hall–Kier alpha value is -3.77. The van der Waals surface area contributed by atoms with Crippen LogP contribution in [0.25, 0.3) is 0 Å². The van der Waals surface area contributed by atoms with E-state index >= 15 is 0 Å². The van der Waals surface area contributed by atoms with Crippen molar-refractivity contribution in [3.05, 3.63) is 71.1 Å². The summed E-state index contributed by atoms with van der Waals surface area (Å²) in [7, 11) is 0. The quantitative estimate of drug-likeness (QED) is 0.370. The van der Waals surface area contributed by atoms with Crippen molar-refractivity contribution < 1.29 is 45.5 Å². The molecule has 3 aromatic rings. The number of aliphatic carboxylic acids is 1. The molecule has 2 aromatic carbocycles. The number of hydrogen-bond donors (Lipinski definition) is 1. The Balaban J connectivity index is 1.76. The maximum absolute atomic E-state index is 12.9. The minimum atomic E-state index is -4.86. The number of carboxylic acids is 1. The zero-order chi connectivity index (χ0) is 26.7. The van der Waals surface area contributed by atoms with Crippen molar-refractivity contribution in [3.8, 4) is 5.75 Å². The van der Waals surface area contributed by atoms with Gasteiger partial charge < -0.3 is 19.3 Å². The molecule has 0 saturated carbocycles. The van der Waals surface area contributed by atoms with E-state index in [1.165, 1.54) is 30.9 Å². The number of alkyl halides is 6. The second kappa shape index (κ2) is 10.1. The molecule has 0 saturated heterocycles. The van der Waals surface area contributed by atoms with Gasteiger partial charge in [-0.2, -0.15) is 31.3 Å². The summed E-state index contributed by atoms with van der Waals surface area (Å²) in [5, 5.41) is 12.5. The Morgan fingerprint density at radius 2 is 1.53 bits per heavy atom. The lowest BCUT2D eigenvalue weighted by Crippen LogP contribution is -2.37. The molecule has 0 aliphatic heterocycles. The minimum absolute atomic E-state index is 0.0804. The van der Waals surface area contributed by atoms with Crippen LogP contribution in [0.3, 0.4) is 0 Å². The van der Waals surface area contributed by atoms with Crippen molar-refractivity contribution in [2.45, 2.75) is 44.8 Å². The van der Waals surface area contributed by atoms with Gasteiger partial charge >= 0.3 is 24.2 Å². The van der Waals surface area contributed by atoms with E-state index in [9.17, 15) is 31.1 Å². The van der Waals surface area contributed by atoms with E-state index in [0.717, 1.165) is 17.7 Å². The van der Waals surface area contributed by atoms with Gasteiger partial charge in [0.15, 0.2) is 5.60 Å². The molecule has 0 spiro atoms. The topological polar surface area (TPSA) is 88.7 Å². The molecule has 0 amide bonds. The fourth-order valence-electron chi connectivity index (χ4n) is 3.06. The maximum Gasteiger partial charge on any atom is 0.471 e. The molecular weight excluding hydrogens is 496 g/mol. The number of carbonyl (C=O) groups is 1. The lowest BCUT2D eigenvalue weighted by atomic mass is 10.1. The lowest BCUT2D eigenvalue weighted by Gasteiger charge is -2.22. The summed E-state index contributed by atoms with van der Waals surface area (Å²) >= 11 is 0. The van der Waals surface area contributed by atoms with E-state index in [1.807, 2.05) is 0 Å². The molecule has 0 atom stereocenters. The highest BCUT2D eigenvalue weighted by molar-refractivity contribution is 5.76. The SMILES string of the molecule is CC(C)(Oc1ccc(CCN(Cc2ccc(C(F)(F)F)cc2)c2noc(C(F)(F)F)n2)cc1)C(=O)O. The first-order valence-corrected chi connectivity index (χ1v) is 10.5. The van der Waals surface area contributed by atoms with Crippen LogP contribution in [0.5, 0.6) is 5.75 Å². The molecule has 1 heterocycles. The number of aromatic nitrogens is 2. The third-order valence-corrected chi connectivity index (χ3v) is 5.08. The third kappa shape index (κ3) is 6.89. The molecule has 0 aliphatic rings. The predicted octanol–water partition coefficient (Wildman–Crippen LogP) is 5.60. The summed E-state index contributed by atoms with van der Waals surface area (Å²) in [6.07, 6.45) is -9.09. The fraction of sp³-hybridized carbons (Fsp3) is 0.348. The number of anilines is 1. The van der Waals surface area contributed by atoms with Crippen molar-refractivity contribution in [1.82, 2.24) is 10.1 Å². The molecule has 36 heavy (non-hydrogen) atoms. The molecule has 0 bridgehead atoms. The summed E-state index contributed by atoms with van der Waals surface area (Å²) in [4.78, 5) is 15.9. The summed E-state index contributed by atoms with van der Waals surface area (Å²) in [6.45, 7) is 2.80. The Morgan fingerprint density at radius 1 is 0.944 bits per heavy atom. The first-order valence-electron chi connectivity index (χ1n) is 10.5. The normalized spacial score (nSPS) is 12.4. The first kappa shape index (κ1) is 26.8. The number of carboxylic acid groups (broad SMARTS) is 1. The molecule has 0 radical (unpaired) electrons. The van der Waals surface area contributed by atoms with Gasteiger partial charge in [-0.05, 0) is 60.8 Å². The van der Waals surface area contributed by atoms with Gasteiger partial charge in [0.1, 0.15) is 5.75 Å². The summed E-state index contributed by atoms with van der Waals surface area (Å²) in [6, 6.07) is 10.6. The first-order chi connectivity index (χ1) is 16.6. The number of rotatable bonds is 9. The van der Waals surface area contributed by atoms with E-state index in [1.54, 1.807) is 24.3 Å². The Labute approximate surface area is 201 Å². The second-order valence-electron chi connectivity index (χ2n) is 8.33. The average molecular weight is 517 g/mol. The number of benzene rings is 2. The lowest BCUT2D eigenvalue weighted by molar-refractivity contribution is -0.159. The predicted molar refractivity (Wildman–Crippen MR) is 114 cm³/mol. The largest absolute Gasteiger partial charge is 0.478 e. The van der Waals surface area contributed by atoms with Crippen LogP contribution in [0.1, 0.15) is 36.4 Å². The number of halogens is 6. The molecule has 1 N–H and O–H groups in total. The highest BCUT2D eigenvalue weighted by atomic mass is 19.4. The van der Waals surface area contributed by atoms with Gasteiger partial charge in [-0.15, -0.1) is 0 Å². The Kier molecular flexibility index (Phi) is 7.51. The second-order valence-corrected chi connectivity index (χ2v) is 8.33. The number of hydrogen-bond acceptors (Lipinski definition) is 6. The third-order valence-electron chi connectivity index (χ3n) is 5.08. The summed E-state index contributed by atoms with van der Waals surface area (Å²) < 4.78 is 87.1. The van der Waals surface area contributed by atoms with Crippen molar-refractivity contribution >= 4 is 11.9 Å². The average Bonchev–Trinajstić information content (AvgIpc) is 3.28. The summed E-state index contributed by atoms with van der Waals surface area (Å²) in [5.74, 6) is -2.76. The van der Waals surface area contributed by atoms with Crippen molar-refractivity contribution in [2.24, 2.45) is 0 Å². The van der Waals surface area contributed by atoms with Gasteiger partial charge in [0.05, 0.1) is 5.56 Å². The molecule has 7 nitrogen and oxygen atoms in total. The van der Waals surface area contributed by atoms with Crippen LogP contribution in [0.4, 0.5) is 32.3 Å². The summed E-state index contributed by atoms with van der Waals surface area (Å²) in [5.41, 5.74) is -1.19. The highest BCUT2D eigenvalue weighted by Crippen LogP contribution is 2.31. The molecule has 194 valence electrons. The fourth-order valence-corrected chi connectivity index (χ4v) is 3.06. The van der Waals surface area contributed by atoms with Crippen LogP contribution in [0, 0.1) is 0 Å². The van der Waals surface area contributed by atoms with E-state index in [4.69, 9.17) is 9.84 Å². The molecule has 13 heteroatoms. The molecule has 1 aromatic heterocycles. The van der Waals surface area contributed by atoms with Gasteiger partial charge in [0.2, 0.25) is 0 Å². The van der Waals surface area contributed by atoms with Crippen LogP contribution < -0.4 is 9.64 Å². The zero-order valence-electron chi connectivity index (χ0n) is 19.0. The molecule has 0 unspecified atom stereocenters. The standard InChI is InChI=1S/C23H21F6N3O4/c1-21(2,19(33)34)35-17-9-5-14(6-10-17)11-12-32(20-30-18(36-31-20)23(27,28)29)13-15-3-7-16(8-4-15)22(24,25)26/h3-10H,11-13H2,1-2H3,(H,33,34). The van der Waals surface area contributed by atoms with Crippen molar-refractivity contribution in [1.29, 1.82) is 0 Å². The molecule has 0 aliphatic carbocycles. The van der Waals surface area contributed by atoms with Gasteiger partial charge in [0.25, 0.3) is 5.95 Å². The van der Waals surface area contributed by atoms with Crippen LogP contribution >= 0.6 is 0 Å². The van der Waals surface area contributed by atoms with Crippen LogP contribution in [-0.2, 0) is 30.1 Å². The Morgan fingerprint density at radius 3 is 2.03 bits per heavy atom. The number of nitrogens with zero attached hydrogens (tertiary/aromatic N) is 3. The van der Waals surface area contributed by atoms with E-state index in [0.29, 0.717) is 17.7 Å². The van der Waals surface area contributed by atoms with Gasteiger partial charge in [-0.25, -0.2) is 4.79 Å². The van der Waals surface area contributed by atoms with Gasteiger partial charge in [0, 0.05) is 13.1 Å². The smallest absolute Gasteiger partial charge is 0.471 e. The van der Waals surface area contributed by atoms with E-state index in [-0.39, 0.29) is 19.0 Å². The minimum Gasteiger partial charge on any atom is -0.478 e. The van der Waals surface area contributed by atoms with Crippen molar-refractivity contribution in [2.75, 3.05) is 11.4 Å². The van der Waals surface area contributed by atoms with Crippen LogP contribution in [0.2, 0.25) is 0 Å². The van der Waals surface area contributed by atoms with Crippen LogP contribution in [-0.4, -0.2) is 33.4 Å².